The summed E-state index contributed by atoms with van der Waals surface area (Å²) in [4.78, 5) is 24.5. The molecule has 0 aromatic heterocycles. The maximum atomic E-state index is 11.0. The predicted octanol–water partition coefficient (Wildman–Crippen LogP) is 2.22. The van der Waals surface area contributed by atoms with E-state index in [9.17, 15) is 9.59 Å². The summed E-state index contributed by atoms with van der Waals surface area (Å²) in [5.74, 6) is 0. The van der Waals surface area contributed by atoms with Gasteiger partial charge >= 0.3 is 6.09 Å². The van der Waals surface area contributed by atoms with Gasteiger partial charge in [-0.25, -0.2) is 9.59 Å². The molecule has 0 saturated heterocycles. The second-order valence-corrected chi connectivity index (χ2v) is 2.60. The van der Waals surface area contributed by atoms with Crippen molar-refractivity contribution in [2.24, 2.45) is 4.99 Å². The lowest BCUT2D eigenvalue weighted by Gasteiger charge is -2.04. The van der Waals surface area contributed by atoms with E-state index in [0.717, 1.165) is 0 Å². The van der Waals surface area contributed by atoms with Crippen LogP contribution in [-0.4, -0.2) is 18.8 Å². The fourth-order valence-electron chi connectivity index (χ4n) is 0.991. The fourth-order valence-corrected chi connectivity index (χ4v) is 0.991. The van der Waals surface area contributed by atoms with Crippen LogP contribution in [0.2, 0.25) is 0 Å². The molecule has 0 heterocycles. The molecule has 5 heteroatoms. The smallest absolute Gasteiger partial charge is 0.411 e. The van der Waals surface area contributed by atoms with Crippen molar-refractivity contribution in [3.05, 3.63) is 24.3 Å². The Morgan fingerprint density at radius 3 is 3.07 bits per heavy atom. The van der Waals surface area contributed by atoms with Gasteiger partial charge in [-0.15, -0.1) is 0 Å². The predicted molar refractivity (Wildman–Crippen MR) is 54.9 cm³/mol. The fraction of sp³-hybridized carbons (Fsp3) is 0.200. The molecule has 0 radical (unpaired) electrons. The zero-order valence-electron chi connectivity index (χ0n) is 8.19. The Morgan fingerprint density at radius 2 is 2.40 bits per heavy atom. The second kappa shape index (κ2) is 5.57. The molecule has 0 aliphatic carbocycles. The number of carbonyl (C=O) groups is 1. The van der Waals surface area contributed by atoms with E-state index in [1.54, 1.807) is 31.2 Å². The lowest BCUT2D eigenvalue weighted by Crippen LogP contribution is -2.12. The maximum absolute atomic E-state index is 11.0. The summed E-state index contributed by atoms with van der Waals surface area (Å²) in [6, 6.07) is 6.50. The normalized spacial score (nSPS) is 8.87. The summed E-state index contributed by atoms with van der Waals surface area (Å²) in [6.45, 7) is 2.02. The van der Waals surface area contributed by atoms with Gasteiger partial charge in [-0.05, 0) is 25.1 Å². The number of isocyanates is 1. The van der Waals surface area contributed by atoms with Crippen LogP contribution in [0, 0.1) is 0 Å². The molecule has 1 N–H and O–H groups in total. The Morgan fingerprint density at radius 1 is 1.60 bits per heavy atom. The third-order valence-corrected chi connectivity index (χ3v) is 1.54. The maximum Gasteiger partial charge on any atom is 0.411 e. The van der Waals surface area contributed by atoms with Crippen molar-refractivity contribution in [2.75, 3.05) is 11.9 Å². The summed E-state index contributed by atoms with van der Waals surface area (Å²) < 4.78 is 4.69. The first-order chi connectivity index (χ1) is 7.26. The van der Waals surface area contributed by atoms with Gasteiger partial charge in [0.05, 0.1) is 12.3 Å². The number of hydrogen-bond acceptors (Lipinski definition) is 4. The van der Waals surface area contributed by atoms with Gasteiger partial charge in [0.1, 0.15) is 0 Å². The van der Waals surface area contributed by atoms with Gasteiger partial charge in [0.2, 0.25) is 6.08 Å². The van der Waals surface area contributed by atoms with Crippen LogP contribution in [0.25, 0.3) is 0 Å². The molecule has 15 heavy (non-hydrogen) atoms. The molecule has 0 saturated carbocycles. The molecule has 1 aromatic carbocycles. The summed E-state index contributed by atoms with van der Waals surface area (Å²) in [6.07, 6.45) is 0.883. The highest BCUT2D eigenvalue weighted by Crippen LogP contribution is 2.17. The molecule has 1 amide bonds. The molecule has 1 aromatic rings. The molecule has 1 rings (SSSR count). The zero-order chi connectivity index (χ0) is 11.1. The van der Waals surface area contributed by atoms with Gasteiger partial charge in [0.15, 0.2) is 0 Å². The average molecular weight is 206 g/mol. The van der Waals surface area contributed by atoms with Crippen LogP contribution in [0.4, 0.5) is 16.2 Å². The number of aliphatic imine (C=N–C) groups is 1. The third kappa shape index (κ3) is 3.62. The van der Waals surface area contributed by atoms with Gasteiger partial charge in [-0.3, -0.25) is 5.32 Å². The Balaban J connectivity index is 2.73. The van der Waals surface area contributed by atoms with Crippen molar-refractivity contribution in [3.8, 4) is 0 Å². The van der Waals surface area contributed by atoms with Gasteiger partial charge in [0.25, 0.3) is 0 Å². The number of nitrogens with one attached hydrogen (secondary N) is 1. The van der Waals surface area contributed by atoms with Crippen molar-refractivity contribution in [2.45, 2.75) is 6.92 Å². The van der Waals surface area contributed by atoms with Gasteiger partial charge < -0.3 is 4.74 Å². The van der Waals surface area contributed by atoms with E-state index in [4.69, 9.17) is 0 Å². The molecular weight excluding hydrogens is 196 g/mol. The molecule has 0 atom stereocenters. The van der Waals surface area contributed by atoms with E-state index in [-0.39, 0.29) is 0 Å². The Bertz CT molecular complexity index is 397. The van der Waals surface area contributed by atoms with Crippen LogP contribution >= 0.6 is 0 Å². The van der Waals surface area contributed by atoms with Crippen LogP contribution in [0.15, 0.2) is 29.3 Å². The molecule has 0 aliphatic heterocycles. The van der Waals surface area contributed by atoms with Crippen LogP contribution in [0.1, 0.15) is 6.92 Å². The number of benzene rings is 1. The highest BCUT2D eigenvalue weighted by molar-refractivity contribution is 5.85. The number of rotatable bonds is 3. The molecular formula is C10H10N2O3. The van der Waals surface area contributed by atoms with E-state index in [0.29, 0.717) is 18.0 Å². The second-order valence-electron chi connectivity index (χ2n) is 2.60. The largest absolute Gasteiger partial charge is 0.450 e. The molecule has 0 spiro atoms. The Kier molecular flexibility index (Phi) is 4.06. The quantitative estimate of drug-likeness (QED) is 0.609. The van der Waals surface area contributed by atoms with E-state index in [2.05, 4.69) is 15.0 Å². The summed E-state index contributed by atoms with van der Waals surface area (Å²) in [7, 11) is 0. The van der Waals surface area contributed by atoms with E-state index >= 15 is 0 Å². The number of amides is 1. The molecule has 0 bridgehead atoms. The minimum absolute atomic E-state index is 0.304. The van der Waals surface area contributed by atoms with E-state index in [1.807, 2.05) is 0 Å². The van der Waals surface area contributed by atoms with E-state index in [1.165, 1.54) is 6.08 Å². The topological polar surface area (TPSA) is 67.8 Å². The van der Waals surface area contributed by atoms with Crippen molar-refractivity contribution in [3.63, 3.8) is 0 Å². The molecule has 5 nitrogen and oxygen atoms in total. The minimum Gasteiger partial charge on any atom is -0.450 e. The first-order valence-electron chi connectivity index (χ1n) is 4.38. The van der Waals surface area contributed by atoms with Crippen molar-refractivity contribution in [1.82, 2.24) is 0 Å². The number of anilines is 1. The molecule has 0 unspecified atom stereocenters. The monoisotopic (exact) mass is 206 g/mol. The molecule has 0 fully saturated rings. The van der Waals surface area contributed by atoms with Crippen LogP contribution < -0.4 is 5.32 Å². The van der Waals surface area contributed by atoms with Gasteiger partial charge in [-0.1, -0.05) is 6.07 Å². The number of nitrogens with zero attached hydrogens (tertiary/aromatic N) is 1. The Hall–Kier alpha value is -2.13. The SMILES string of the molecule is CCOC(=O)Nc1cccc(N=C=O)c1. The number of ether oxygens (including phenoxy) is 1. The van der Waals surface area contributed by atoms with Crippen molar-refractivity contribution in [1.29, 1.82) is 0 Å². The third-order valence-electron chi connectivity index (χ3n) is 1.54. The minimum atomic E-state index is -0.537. The van der Waals surface area contributed by atoms with Crippen molar-refractivity contribution < 1.29 is 14.3 Å². The number of carbonyl (C=O) groups excluding carboxylic acids is 2. The first kappa shape index (κ1) is 10.9. The van der Waals surface area contributed by atoms with Crippen LogP contribution in [0.3, 0.4) is 0 Å². The van der Waals surface area contributed by atoms with Gasteiger partial charge in [0, 0.05) is 5.69 Å². The molecule has 0 aliphatic rings. The highest BCUT2D eigenvalue weighted by Gasteiger charge is 2.01. The first-order valence-corrected chi connectivity index (χ1v) is 4.38. The lowest BCUT2D eigenvalue weighted by molar-refractivity contribution is 0.168. The van der Waals surface area contributed by atoms with Crippen molar-refractivity contribution >= 4 is 23.5 Å². The zero-order valence-corrected chi connectivity index (χ0v) is 8.19. The Labute approximate surface area is 86.8 Å². The van der Waals surface area contributed by atoms with Gasteiger partial charge in [-0.2, -0.15) is 4.99 Å². The standard InChI is InChI=1S/C10H10N2O3/c1-2-15-10(14)12-9-5-3-4-8(6-9)11-7-13/h3-6H,2H2,1H3,(H,12,14). The van der Waals surface area contributed by atoms with Crippen LogP contribution in [0.5, 0.6) is 0 Å². The van der Waals surface area contributed by atoms with Crippen LogP contribution in [-0.2, 0) is 9.53 Å². The summed E-state index contributed by atoms with van der Waals surface area (Å²) in [5, 5.41) is 2.49. The lowest BCUT2D eigenvalue weighted by atomic mass is 10.3. The summed E-state index contributed by atoms with van der Waals surface area (Å²) in [5.41, 5.74) is 0.948. The number of hydrogen-bond donors (Lipinski definition) is 1. The average Bonchev–Trinajstić information content (AvgIpc) is 2.19. The molecule has 78 valence electrons. The summed E-state index contributed by atoms with van der Waals surface area (Å²) >= 11 is 0. The van der Waals surface area contributed by atoms with E-state index < -0.39 is 6.09 Å². The highest BCUT2D eigenvalue weighted by atomic mass is 16.5.